The van der Waals surface area contributed by atoms with Crippen LogP contribution in [0, 0.1) is 0 Å². The van der Waals surface area contributed by atoms with Crippen molar-refractivity contribution in [2.45, 2.75) is 38.6 Å². The third kappa shape index (κ3) is 3.76. The lowest BCUT2D eigenvalue weighted by molar-refractivity contribution is -0.141. The number of carbonyl (C=O) groups excluding carboxylic acids is 1. The van der Waals surface area contributed by atoms with Gasteiger partial charge in [0.2, 0.25) is 5.79 Å². The number of hydrogen-bond acceptors (Lipinski definition) is 6. The summed E-state index contributed by atoms with van der Waals surface area (Å²) in [5, 5.41) is 0. The maximum atomic E-state index is 11.5. The highest BCUT2D eigenvalue weighted by molar-refractivity contribution is 9.10. The van der Waals surface area contributed by atoms with Crippen molar-refractivity contribution in [2.24, 2.45) is 0 Å². The molecule has 0 bridgehead atoms. The van der Waals surface area contributed by atoms with Crippen LogP contribution in [0.2, 0.25) is 0 Å². The van der Waals surface area contributed by atoms with Crippen molar-refractivity contribution in [2.75, 3.05) is 13.7 Å². The van der Waals surface area contributed by atoms with Gasteiger partial charge in [-0.05, 0) is 18.2 Å². The largest absolute Gasteiger partial charge is 0.492 e. The Morgan fingerprint density at radius 2 is 2.04 bits per heavy atom. The Morgan fingerprint density at radius 1 is 1.21 bits per heavy atom. The third-order valence-electron chi connectivity index (χ3n) is 4.70. The number of rotatable bonds is 5. The first-order chi connectivity index (χ1) is 13.3. The Morgan fingerprint density at radius 3 is 2.82 bits per heavy atom. The highest BCUT2D eigenvalue weighted by atomic mass is 79.9. The third-order valence-corrected chi connectivity index (χ3v) is 5.16. The predicted octanol–water partition coefficient (Wildman–Crippen LogP) is 4.57. The minimum atomic E-state index is -0.700. The Labute approximate surface area is 171 Å². The molecule has 2 aromatic carbocycles. The molecule has 2 aromatic rings. The summed E-state index contributed by atoms with van der Waals surface area (Å²) in [5.74, 6) is 1.89. The molecule has 0 spiro atoms. The second-order valence-corrected chi connectivity index (χ2v) is 8.19. The number of benzene rings is 2. The van der Waals surface area contributed by atoms with E-state index < -0.39 is 5.79 Å². The van der Waals surface area contributed by atoms with Crippen LogP contribution in [-0.4, -0.2) is 25.5 Å². The van der Waals surface area contributed by atoms with Crippen molar-refractivity contribution in [1.29, 1.82) is 0 Å². The minimum absolute atomic E-state index is 0.0117. The molecule has 0 N–H and O–H groups in total. The van der Waals surface area contributed by atoms with Crippen molar-refractivity contribution in [3.63, 3.8) is 0 Å². The van der Waals surface area contributed by atoms with Gasteiger partial charge in [0.25, 0.3) is 0 Å². The number of halogens is 1. The van der Waals surface area contributed by atoms with Gasteiger partial charge in [-0.3, -0.25) is 4.79 Å². The molecule has 0 saturated heterocycles. The zero-order valence-corrected chi connectivity index (χ0v) is 17.5. The maximum absolute atomic E-state index is 11.5. The molecule has 7 heteroatoms. The van der Waals surface area contributed by atoms with Gasteiger partial charge < -0.3 is 23.7 Å². The molecule has 2 aliphatic rings. The van der Waals surface area contributed by atoms with Crippen LogP contribution >= 0.6 is 15.9 Å². The minimum Gasteiger partial charge on any atom is -0.492 e. The molecule has 2 heterocycles. The Kier molecular flexibility index (Phi) is 4.87. The summed E-state index contributed by atoms with van der Waals surface area (Å²) < 4.78 is 29.1. The summed E-state index contributed by atoms with van der Waals surface area (Å²) in [7, 11) is 1.39. The molecule has 0 amide bonds. The first kappa shape index (κ1) is 18.9. The molecule has 0 fully saturated rings. The first-order valence-corrected chi connectivity index (χ1v) is 9.81. The summed E-state index contributed by atoms with van der Waals surface area (Å²) in [6, 6.07) is 9.53. The zero-order chi connectivity index (χ0) is 19.9. The number of fused-ring (bicyclic) bond motifs is 2. The number of methoxy groups -OCH3 is 1. The predicted molar refractivity (Wildman–Crippen MR) is 105 cm³/mol. The van der Waals surface area contributed by atoms with Crippen LogP contribution in [0.5, 0.6) is 23.0 Å². The molecule has 1 unspecified atom stereocenters. The average molecular weight is 449 g/mol. The highest BCUT2D eigenvalue weighted by Gasteiger charge is 2.34. The van der Waals surface area contributed by atoms with E-state index in [1.807, 2.05) is 44.2 Å². The van der Waals surface area contributed by atoms with Gasteiger partial charge in [-0.1, -0.05) is 22.0 Å². The lowest BCUT2D eigenvalue weighted by Crippen LogP contribution is -2.29. The van der Waals surface area contributed by atoms with Crippen LogP contribution in [0.15, 0.2) is 34.8 Å². The first-order valence-electron chi connectivity index (χ1n) is 9.01. The molecule has 28 heavy (non-hydrogen) atoms. The van der Waals surface area contributed by atoms with Gasteiger partial charge in [0.1, 0.15) is 18.1 Å². The molecule has 2 aliphatic heterocycles. The fraction of sp³-hybridized carbons (Fsp3) is 0.381. The number of ether oxygens (including phenoxy) is 5. The van der Waals surface area contributed by atoms with Gasteiger partial charge in [0, 0.05) is 41.4 Å². The molecule has 4 rings (SSSR count). The van der Waals surface area contributed by atoms with Crippen LogP contribution < -0.4 is 18.9 Å². The molecule has 0 saturated carbocycles. The molecule has 0 aromatic heterocycles. The van der Waals surface area contributed by atoms with E-state index in [1.54, 1.807) is 0 Å². The van der Waals surface area contributed by atoms with Gasteiger partial charge in [-0.25, -0.2) is 0 Å². The van der Waals surface area contributed by atoms with Crippen LogP contribution in [-0.2, 0) is 16.1 Å². The second-order valence-electron chi connectivity index (χ2n) is 7.27. The average Bonchev–Trinajstić information content (AvgIpc) is 3.18. The van der Waals surface area contributed by atoms with Gasteiger partial charge in [0.15, 0.2) is 11.5 Å². The highest BCUT2D eigenvalue weighted by Crippen LogP contribution is 2.44. The van der Waals surface area contributed by atoms with E-state index >= 15 is 0 Å². The summed E-state index contributed by atoms with van der Waals surface area (Å²) >= 11 is 3.50. The molecular weight excluding hydrogens is 428 g/mol. The van der Waals surface area contributed by atoms with Crippen LogP contribution in [0.1, 0.15) is 37.3 Å². The zero-order valence-electron chi connectivity index (χ0n) is 15.9. The second kappa shape index (κ2) is 7.20. The normalized spacial score (nSPS) is 18.4. The fourth-order valence-corrected chi connectivity index (χ4v) is 3.90. The van der Waals surface area contributed by atoms with Gasteiger partial charge >= 0.3 is 5.97 Å². The molecular formula is C21H21BrO6. The SMILES string of the molecule is COC(=O)CC1COc2cc(OCc3cc(Br)cc4c3OC(C)(C)O4)ccc21. The monoisotopic (exact) mass is 448 g/mol. The van der Waals surface area contributed by atoms with Crippen LogP contribution in [0.3, 0.4) is 0 Å². The summed E-state index contributed by atoms with van der Waals surface area (Å²) in [5.41, 5.74) is 1.89. The van der Waals surface area contributed by atoms with Crippen molar-refractivity contribution < 1.29 is 28.5 Å². The van der Waals surface area contributed by atoms with E-state index in [9.17, 15) is 4.79 Å². The summed E-state index contributed by atoms with van der Waals surface area (Å²) in [4.78, 5) is 11.5. The number of hydrogen-bond donors (Lipinski definition) is 0. The fourth-order valence-electron chi connectivity index (χ4n) is 3.41. The lowest BCUT2D eigenvalue weighted by atomic mass is 9.98. The Balaban J connectivity index is 1.48. The quantitative estimate of drug-likeness (QED) is 0.624. The Hall–Kier alpha value is -2.41. The topological polar surface area (TPSA) is 63.2 Å². The van der Waals surface area contributed by atoms with Crippen LogP contribution in [0.4, 0.5) is 0 Å². The summed E-state index contributed by atoms with van der Waals surface area (Å²) in [6.45, 7) is 4.53. The molecule has 6 nitrogen and oxygen atoms in total. The van der Waals surface area contributed by atoms with E-state index in [0.29, 0.717) is 36.9 Å². The van der Waals surface area contributed by atoms with Crippen molar-refractivity contribution in [3.05, 3.63) is 45.9 Å². The lowest BCUT2D eigenvalue weighted by Gasteiger charge is -2.16. The molecule has 0 aliphatic carbocycles. The van der Waals surface area contributed by atoms with Gasteiger partial charge in [0.05, 0.1) is 20.1 Å². The molecule has 1 atom stereocenters. The van der Waals surface area contributed by atoms with E-state index in [4.69, 9.17) is 23.7 Å². The van der Waals surface area contributed by atoms with Crippen molar-refractivity contribution in [1.82, 2.24) is 0 Å². The Bertz CT molecular complexity index is 923. The van der Waals surface area contributed by atoms with E-state index in [2.05, 4.69) is 15.9 Å². The van der Waals surface area contributed by atoms with Crippen LogP contribution in [0.25, 0.3) is 0 Å². The van der Waals surface area contributed by atoms with E-state index in [-0.39, 0.29) is 11.9 Å². The number of esters is 1. The van der Waals surface area contributed by atoms with Gasteiger partial charge in [-0.2, -0.15) is 0 Å². The summed E-state index contributed by atoms with van der Waals surface area (Å²) in [6.07, 6.45) is 0.307. The maximum Gasteiger partial charge on any atom is 0.306 e. The van der Waals surface area contributed by atoms with E-state index in [1.165, 1.54) is 7.11 Å². The molecule has 148 valence electrons. The standard InChI is InChI=1S/C21H21BrO6/c1-21(2)27-18-8-14(22)6-13(20(18)28-21)11-25-15-4-5-16-12(7-19(23)24-3)10-26-17(16)9-15/h4-6,8-9,12H,7,10-11H2,1-3H3. The van der Waals surface area contributed by atoms with Crippen molar-refractivity contribution >= 4 is 21.9 Å². The van der Waals surface area contributed by atoms with Crippen molar-refractivity contribution in [3.8, 4) is 23.0 Å². The van der Waals surface area contributed by atoms with Gasteiger partial charge in [-0.15, -0.1) is 0 Å². The number of carbonyl (C=O) groups is 1. The van der Waals surface area contributed by atoms with E-state index in [0.717, 1.165) is 21.3 Å². The smallest absolute Gasteiger partial charge is 0.306 e. The molecule has 0 radical (unpaired) electrons.